The zero-order chi connectivity index (χ0) is 9.97. The summed E-state index contributed by atoms with van der Waals surface area (Å²) in [4.78, 5) is 11.7. The molecule has 1 aromatic rings. The molecule has 4 heteroatoms. The van der Waals surface area contributed by atoms with Crippen molar-refractivity contribution >= 4 is 5.78 Å². The van der Waals surface area contributed by atoms with Gasteiger partial charge in [0.15, 0.2) is 5.78 Å². The van der Waals surface area contributed by atoms with Crippen molar-refractivity contribution in [3.05, 3.63) is 18.0 Å². The first-order valence-corrected chi connectivity index (χ1v) is 4.89. The lowest BCUT2D eigenvalue weighted by atomic mass is 10.1. The Morgan fingerprint density at radius 3 is 3.21 bits per heavy atom. The molecular weight excluding hydrogens is 180 g/mol. The third-order valence-electron chi connectivity index (χ3n) is 2.46. The fraction of sp³-hybridized carbons (Fsp3) is 0.600. The molecule has 0 spiro atoms. The molecule has 4 nitrogen and oxygen atoms in total. The molecule has 1 aliphatic heterocycles. The number of hydrogen-bond acceptors (Lipinski definition) is 3. The highest BCUT2D eigenvalue weighted by molar-refractivity contribution is 5.95. The van der Waals surface area contributed by atoms with Gasteiger partial charge in [-0.3, -0.25) is 9.48 Å². The number of hydrogen-bond donors (Lipinski definition) is 0. The summed E-state index contributed by atoms with van der Waals surface area (Å²) in [5, 5.41) is 3.97. The van der Waals surface area contributed by atoms with Crippen LogP contribution in [0.5, 0.6) is 0 Å². The maximum absolute atomic E-state index is 11.7. The molecule has 0 saturated carbocycles. The van der Waals surface area contributed by atoms with Crippen LogP contribution < -0.4 is 0 Å². The van der Waals surface area contributed by atoms with Crippen LogP contribution in [0.25, 0.3) is 0 Å². The van der Waals surface area contributed by atoms with Gasteiger partial charge in [-0.15, -0.1) is 0 Å². The van der Waals surface area contributed by atoms with E-state index in [1.54, 1.807) is 17.1 Å². The van der Waals surface area contributed by atoms with Gasteiger partial charge in [0.2, 0.25) is 0 Å². The van der Waals surface area contributed by atoms with Crippen LogP contribution in [-0.4, -0.2) is 28.3 Å². The van der Waals surface area contributed by atoms with Gasteiger partial charge in [-0.1, -0.05) is 0 Å². The molecule has 0 aromatic carbocycles. The number of Topliss-reactive ketones (excluding diaryl/α,β-unsaturated/α-hetero) is 1. The normalized spacial score (nSPS) is 21.4. The van der Waals surface area contributed by atoms with E-state index in [9.17, 15) is 4.79 Å². The van der Waals surface area contributed by atoms with Crippen molar-refractivity contribution < 1.29 is 9.53 Å². The summed E-state index contributed by atoms with van der Waals surface area (Å²) in [6, 6.07) is 0. The summed E-state index contributed by atoms with van der Waals surface area (Å²) < 4.78 is 7.05. The molecule has 2 rings (SSSR count). The monoisotopic (exact) mass is 194 g/mol. The number of aryl methyl sites for hydroxylation is 1. The van der Waals surface area contributed by atoms with E-state index >= 15 is 0 Å². The Bertz CT molecular complexity index is 327. The molecule has 0 amide bonds. The lowest BCUT2D eigenvalue weighted by molar-refractivity contribution is 0.0775. The maximum atomic E-state index is 11.7. The minimum absolute atomic E-state index is 0.128. The molecule has 1 unspecified atom stereocenters. The summed E-state index contributed by atoms with van der Waals surface area (Å²) >= 11 is 0. The highest BCUT2D eigenvalue weighted by Crippen LogP contribution is 2.17. The van der Waals surface area contributed by atoms with Crippen molar-refractivity contribution in [3.63, 3.8) is 0 Å². The second-order valence-corrected chi connectivity index (χ2v) is 3.67. The van der Waals surface area contributed by atoms with Gasteiger partial charge in [0.05, 0.1) is 17.9 Å². The number of rotatable bonds is 3. The molecule has 0 N–H and O–H groups in total. The average Bonchev–Trinajstić information content (AvgIpc) is 2.75. The van der Waals surface area contributed by atoms with E-state index in [2.05, 4.69) is 5.10 Å². The molecule has 14 heavy (non-hydrogen) atoms. The number of nitrogens with zero attached hydrogens (tertiary/aromatic N) is 2. The SMILES string of the molecule is Cn1cc(C(=O)CC2CCCO2)cn1. The Morgan fingerprint density at radius 2 is 2.64 bits per heavy atom. The Hall–Kier alpha value is -1.16. The predicted molar refractivity (Wildman–Crippen MR) is 51.1 cm³/mol. The van der Waals surface area contributed by atoms with Crippen LogP contribution in [-0.2, 0) is 11.8 Å². The molecule has 1 aliphatic rings. The molecule has 1 aromatic heterocycles. The van der Waals surface area contributed by atoms with Crippen molar-refractivity contribution in [2.45, 2.75) is 25.4 Å². The number of carbonyl (C=O) groups excluding carboxylic acids is 1. The van der Waals surface area contributed by atoms with E-state index in [0.29, 0.717) is 12.0 Å². The van der Waals surface area contributed by atoms with Crippen LogP contribution in [0, 0.1) is 0 Å². The average molecular weight is 194 g/mol. The first kappa shape index (κ1) is 9.40. The summed E-state index contributed by atoms with van der Waals surface area (Å²) in [5.41, 5.74) is 0.683. The predicted octanol–water partition coefficient (Wildman–Crippen LogP) is 1.17. The van der Waals surface area contributed by atoms with E-state index in [-0.39, 0.29) is 11.9 Å². The Kier molecular flexibility index (Phi) is 2.63. The number of carbonyl (C=O) groups is 1. The Balaban J connectivity index is 1.95. The van der Waals surface area contributed by atoms with Crippen molar-refractivity contribution in [1.82, 2.24) is 9.78 Å². The standard InChI is InChI=1S/C10H14N2O2/c1-12-7-8(6-11-12)10(13)5-9-3-2-4-14-9/h6-7,9H,2-5H2,1H3. The van der Waals surface area contributed by atoms with Crippen molar-refractivity contribution in [3.8, 4) is 0 Å². The topological polar surface area (TPSA) is 44.1 Å². The van der Waals surface area contributed by atoms with Crippen LogP contribution in [0.2, 0.25) is 0 Å². The van der Waals surface area contributed by atoms with Gasteiger partial charge in [-0.2, -0.15) is 5.10 Å². The van der Waals surface area contributed by atoms with Crippen LogP contribution >= 0.6 is 0 Å². The largest absolute Gasteiger partial charge is 0.378 e. The third-order valence-corrected chi connectivity index (χ3v) is 2.46. The molecule has 1 fully saturated rings. The molecule has 0 aliphatic carbocycles. The van der Waals surface area contributed by atoms with Crippen molar-refractivity contribution in [2.24, 2.45) is 7.05 Å². The summed E-state index contributed by atoms with van der Waals surface area (Å²) in [5.74, 6) is 0.130. The van der Waals surface area contributed by atoms with Crippen LogP contribution in [0.15, 0.2) is 12.4 Å². The smallest absolute Gasteiger partial charge is 0.168 e. The highest BCUT2D eigenvalue weighted by Gasteiger charge is 2.20. The maximum Gasteiger partial charge on any atom is 0.168 e. The third kappa shape index (κ3) is 2.01. The quantitative estimate of drug-likeness (QED) is 0.678. The first-order chi connectivity index (χ1) is 6.75. The van der Waals surface area contributed by atoms with Gasteiger partial charge in [-0.25, -0.2) is 0 Å². The zero-order valence-electron chi connectivity index (χ0n) is 8.27. The number of aromatic nitrogens is 2. The van der Waals surface area contributed by atoms with Crippen LogP contribution in [0.3, 0.4) is 0 Å². The lowest BCUT2D eigenvalue weighted by Crippen LogP contribution is -2.12. The fourth-order valence-corrected chi connectivity index (χ4v) is 1.70. The van der Waals surface area contributed by atoms with Crippen LogP contribution in [0.1, 0.15) is 29.6 Å². The van der Waals surface area contributed by atoms with Gasteiger partial charge in [0, 0.05) is 26.3 Å². The molecule has 76 valence electrons. The summed E-state index contributed by atoms with van der Waals surface area (Å²) in [6.45, 7) is 0.797. The van der Waals surface area contributed by atoms with Gasteiger partial charge >= 0.3 is 0 Å². The zero-order valence-corrected chi connectivity index (χ0v) is 8.27. The van der Waals surface area contributed by atoms with Gasteiger partial charge < -0.3 is 4.74 Å². The van der Waals surface area contributed by atoms with E-state index in [1.807, 2.05) is 7.05 Å². The summed E-state index contributed by atoms with van der Waals surface area (Å²) in [7, 11) is 1.81. The Labute approximate surface area is 82.9 Å². The van der Waals surface area contributed by atoms with E-state index < -0.39 is 0 Å². The molecular formula is C10H14N2O2. The van der Waals surface area contributed by atoms with Crippen LogP contribution in [0.4, 0.5) is 0 Å². The molecule has 0 radical (unpaired) electrons. The minimum atomic E-state index is 0.128. The van der Waals surface area contributed by atoms with E-state index in [0.717, 1.165) is 19.4 Å². The van der Waals surface area contributed by atoms with Crippen molar-refractivity contribution in [2.75, 3.05) is 6.61 Å². The number of ketones is 1. The fourth-order valence-electron chi connectivity index (χ4n) is 1.70. The van der Waals surface area contributed by atoms with Gasteiger partial charge in [-0.05, 0) is 12.8 Å². The van der Waals surface area contributed by atoms with Gasteiger partial charge in [0.1, 0.15) is 0 Å². The second kappa shape index (κ2) is 3.92. The Morgan fingerprint density at radius 1 is 1.79 bits per heavy atom. The highest BCUT2D eigenvalue weighted by atomic mass is 16.5. The summed E-state index contributed by atoms with van der Waals surface area (Å²) in [6.07, 6.45) is 6.06. The number of ether oxygens (including phenoxy) is 1. The van der Waals surface area contributed by atoms with E-state index in [1.165, 1.54) is 0 Å². The molecule has 2 heterocycles. The second-order valence-electron chi connectivity index (χ2n) is 3.67. The van der Waals surface area contributed by atoms with Crippen molar-refractivity contribution in [1.29, 1.82) is 0 Å². The molecule has 1 atom stereocenters. The lowest BCUT2D eigenvalue weighted by Gasteiger charge is -2.06. The molecule has 1 saturated heterocycles. The first-order valence-electron chi connectivity index (χ1n) is 4.89. The molecule has 0 bridgehead atoms. The minimum Gasteiger partial charge on any atom is -0.378 e. The van der Waals surface area contributed by atoms with E-state index in [4.69, 9.17) is 4.74 Å². The van der Waals surface area contributed by atoms with Gasteiger partial charge in [0.25, 0.3) is 0 Å².